The van der Waals surface area contributed by atoms with Crippen molar-refractivity contribution in [2.45, 2.75) is 51.2 Å². The Morgan fingerprint density at radius 3 is 2.39 bits per heavy atom. The number of aryl methyl sites for hydroxylation is 1. The summed E-state index contributed by atoms with van der Waals surface area (Å²) in [6.07, 6.45) is 4.23. The normalized spacial score (nSPS) is 15.5. The highest BCUT2D eigenvalue weighted by Gasteiger charge is 2.34. The second kappa shape index (κ2) is 8.27. The molecule has 1 aromatic heterocycles. The third-order valence-corrected chi connectivity index (χ3v) is 6.94. The van der Waals surface area contributed by atoms with E-state index in [4.69, 9.17) is 0 Å². The number of amides is 2. The summed E-state index contributed by atoms with van der Waals surface area (Å²) in [5.74, 6) is 0.0353. The van der Waals surface area contributed by atoms with Gasteiger partial charge in [0.2, 0.25) is 0 Å². The minimum atomic E-state index is -0.0158. The summed E-state index contributed by atoms with van der Waals surface area (Å²) in [4.78, 5) is 33.0. The highest BCUT2D eigenvalue weighted by Crippen LogP contribution is 2.34. The number of aromatic nitrogens is 1. The van der Waals surface area contributed by atoms with E-state index >= 15 is 0 Å². The first-order chi connectivity index (χ1) is 15.1. The Morgan fingerprint density at radius 2 is 1.74 bits per heavy atom. The third kappa shape index (κ3) is 4.54. The summed E-state index contributed by atoms with van der Waals surface area (Å²) < 4.78 is 0. The molecule has 0 radical (unpaired) electrons. The number of hydrogen-bond acceptors (Lipinski definition) is 4. The van der Waals surface area contributed by atoms with Gasteiger partial charge in [-0.15, -0.1) is 11.3 Å². The zero-order valence-electron chi connectivity index (χ0n) is 17.5. The topological polar surface area (TPSA) is 62.3 Å². The number of hydrogen-bond donors (Lipinski definition) is 1. The monoisotopic (exact) mass is 431 g/mol. The van der Waals surface area contributed by atoms with Gasteiger partial charge in [-0.25, -0.2) is 4.98 Å². The molecule has 6 heteroatoms. The molecule has 0 aliphatic heterocycles. The van der Waals surface area contributed by atoms with Crippen molar-refractivity contribution in [1.29, 1.82) is 0 Å². The Kier molecular flexibility index (Phi) is 5.32. The van der Waals surface area contributed by atoms with Gasteiger partial charge in [-0.1, -0.05) is 42.5 Å². The Bertz CT molecular complexity index is 1100. The number of nitrogens with zero attached hydrogens (tertiary/aromatic N) is 2. The van der Waals surface area contributed by atoms with E-state index in [2.05, 4.69) is 10.3 Å². The van der Waals surface area contributed by atoms with Crippen LogP contribution in [0.15, 0.2) is 54.6 Å². The van der Waals surface area contributed by atoms with Gasteiger partial charge >= 0.3 is 0 Å². The molecule has 0 saturated heterocycles. The molecule has 2 saturated carbocycles. The van der Waals surface area contributed by atoms with Crippen LogP contribution < -0.4 is 5.32 Å². The van der Waals surface area contributed by atoms with E-state index < -0.39 is 0 Å². The molecule has 5 nitrogen and oxygen atoms in total. The van der Waals surface area contributed by atoms with Gasteiger partial charge < -0.3 is 10.2 Å². The lowest BCUT2D eigenvalue weighted by molar-refractivity contribution is 0.0733. The van der Waals surface area contributed by atoms with Crippen LogP contribution in [0.5, 0.6) is 0 Å². The van der Waals surface area contributed by atoms with E-state index in [-0.39, 0.29) is 17.9 Å². The smallest absolute Gasteiger partial charge is 0.266 e. The van der Waals surface area contributed by atoms with E-state index in [1.807, 2.05) is 66.4 Å². The fourth-order valence-corrected chi connectivity index (χ4v) is 4.66. The second-order valence-corrected chi connectivity index (χ2v) is 9.41. The van der Waals surface area contributed by atoms with Crippen molar-refractivity contribution >= 4 is 23.2 Å². The SMILES string of the molecule is Cc1nc(-c2ccccc2)sc1C(=O)N(Cc1ccc(C(=O)NC2CC2)cc1)C1CC1. The zero-order valence-corrected chi connectivity index (χ0v) is 18.3. The highest BCUT2D eigenvalue weighted by atomic mass is 32.1. The van der Waals surface area contributed by atoms with Crippen LogP contribution in [0.4, 0.5) is 0 Å². The predicted octanol–water partition coefficient (Wildman–Crippen LogP) is 4.82. The highest BCUT2D eigenvalue weighted by molar-refractivity contribution is 7.17. The van der Waals surface area contributed by atoms with Gasteiger partial charge in [0.15, 0.2) is 0 Å². The molecule has 0 spiro atoms. The van der Waals surface area contributed by atoms with Crippen molar-refractivity contribution in [2.24, 2.45) is 0 Å². The molecule has 5 rings (SSSR count). The van der Waals surface area contributed by atoms with Gasteiger partial charge in [0.1, 0.15) is 9.88 Å². The molecule has 2 aliphatic rings. The lowest BCUT2D eigenvalue weighted by Gasteiger charge is -2.22. The molecule has 31 heavy (non-hydrogen) atoms. The van der Waals surface area contributed by atoms with Crippen LogP contribution in [-0.4, -0.2) is 33.8 Å². The zero-order chi connectivity index (χ0) is 21.4. The van der Waals surface area contributed by atoms with Crippen LogP contribution in [0.3, 0.4) is 0 Å². The van der Waals surface area contributed by atoms with E-state index in [1.54, 1.807) is 0 Å². The van der Waals surface area contributed by atoms with E-state index in [0.717, 1.165) is 47.5 Å². The standard InChI is InChI=1S/C25H25N3O2S/c1-16-22(31-24(26-16)19-5-3-2-4-6-19)25(30)28(21-13-14-21)15-17-7-9-18(10-8-17)23(29)27-20-11-12-20/h2-10,20-21H,11-15H2,1H3,(H,27,29). The summed E-state index contributed by atoms with van der Waals surface area (Å²) in [5.41, 5.74) is 3.53. The number of nitrogens with one attached hydrogen (secondary N) is 1. The molecular formula is C25H25N3O2S. The largest absolute Gasteiger partial charge is 0.349 e. The lowest BCUT2D eigenvalue weighted by Crippen LogP contribution is -2.32. The molecule has 0 unspecified atom stereocenters. The fourth-order valence-electron chi connectivity index (χ4n) is 3.64. The van der Waals surface area contributed by atoms with Gasteiger partial charge in [0.25, 0.3) is 11.8 Å². The van der Waals surface area contributed by atoms with E-state index in [9.17, 15) is 9.59 Å². The summed E-state index contributed by atoms with van der Waals surface area (Å²) in [7, 11) is 0. The van der Waals surface area contributed by atoms with Crippen molar-refractivity contribution in [3.05, 3.63) is 76.3 Å². The van der Waals surface area contributed by atoms with Crippen molar-refractivity contribution in [3.8, 4) is 10.6 Å². The van der Waals surface area contributed by atoms with Crippen molar-refractivity contribution < 1.29 is 9.59 Å². The van der Waals surface area contributed by atoms with Crippen LogP contribution in [0, 0.1) is 6.92 Å². The number of carbonyl (C=O) groups excluding carboxylic acids is 2. The van der Waals surface area contributed by atoms with E-state index in [0.29, 0.717) is 23.0 Å². The Labute approximate surface area is 186 Å². The first-order valence-corrected chi connectivity index (χ1v) is 11.6. The van der Waals surface area contributed by atoms with Gasteiger partial charge in [-0.05, 0) is 50.3 Å². The molecule has 3 aromatic rings. The second-order valence-electron chi connectivity index (χ2n) is 8.41. The predicted molar refractivity (Wildman–Crippen MR) is 122 cm³/mol. The average Bonchev–Trinajstić information content (AvgIpc) is 3.72. The van der Waals surface area contributed by atoms with Gasteiger partial charge in [0, 0.05) is 29.8 Å². The summed E-state index contributed by atoms with van der Waals surface area (Å²) in [6, 6.07) is 18.2. The van der Waals surface area contributed by atoms with Gasteiger partial charge in [0.05, 0.1) is 5.69 Å². The number of carbonyl (C=O) groups is 2. The summed E-state index contributed by atoms with van der Waals surface area (Å²) in [6.45, 7) is 2.46. The molecule has 1 N–H and O–H groups in total. The third-order valence-electron chi connectivity index (χ3n) is 5.74. The molecular weight excluding hydrogens is 406 g/mol. The number of rotatable bonds is 7. The quantitative estimate of drug-likeness (QED) is 0.584. The number of benzene rings is 2. The molecule has 2 aromatic carbocycles. The average molecular weight is 432 g/mol. The summed E-state index contributed by atoms with van der Waals surface area (Å²) >= 11 is 1.47. The Hall–Kier alpha value is -2.99. The van der Waals surface area contributed by atoms with Gasteiger partial charge in [-0.2, -0.15) is 0 Å². The van der Waals surface area contributed by atoms with Crippen LogP contribution in [0.1, 0.15) is 57.0 Å². The van der Waals surface area contributed by atoms with Crippen LogP contribution in [0.2, 0.25) is 0 Å². The molecule has 0 atom stereocenters. The minimum absolute atomic E-state index is 0.0158. The Balaban J connectivity index is 1.32. The van der Waals surface area contributed by atoms with Crippen LogP contribution in [0.25, 0.3) is 10.6 Å². The summed E-state index contributed by atoms with van der Waals surface area (Å²) in [5, 5.41) is 3.89. The molecule has 0 bridgehead atoms. The van der Waals surface area contributed by atoms with Crippen LogP contribution >= 0.6 is 11.3 Å². The maximum atomic E-state index is 13.4. The molecule has 2 aliphatic carbocycles. The first kappa shape index (κ1) is 19.9. The lowest BCUT2D eigenvalue weighted by atomic mass is 10.1. The molecule has 1 heterocycles. The first-order valence-electron chi connectivity index (χ1n) is 10.8. The van der Waals surface area contributed by atoms with E-state index in [1.165, 1.54) is 11.3 Å². The maximum absolute atomic E-state index is 13.4. The van der Waals surface area contributed by atoms with Crippen molar-refractivity contribution in [2.75, 3.05) is 0 Å². The molecule has 158 valence electrons. The van der Waals surface area contributed by atoms with Crippen molar-refractivity contribution in [1.82, 2.24) is 15.2 Å². The minimum Gasteiger partial charge on any atom is -0.349 e. The maximum Gasteiger partial charge on any atom is 0.266 e. The Morgan fingerprint density at radius 1 is 1.03 bits per heavy atom. The molecule has 2 fully saturated rings. The number of thiazole rings is 1. The van der Waals surface area contributed by atoms with Gasteiger partial charge in [-0.3, -0.25) is 9.59 Å². The van der Waals surface area contributed by atoms with Crippen molar-refractivity contribution in [3.63, 3.8) is 0 Å². The van der Waals surface area contributed by atoms with Crippen LogP contribution in [-0.2, 0) is 6.54 Å². The fraction of sp³-hybridized carbons (Fsp3) is 0.320. The molecule has 2 amide bonds.